The van der Waals surface area contributed by atoms with Gasteiger partial charge in [-0.3, -0.25) is 14.4 Å². The molecule has 0 aliphatic heterocycles. The molecule has 368 valence electrons. The van der Waals surface area contributed by atoms with Gasteiger partial charge in [0.25, 0.3) is 0 Å². The Balaban J connectivity index is 4.24. The normalized spacial score (nSPS) is 11.9. The second-order valence-corrected chi connectivity index (χ2v) is 19.2. The number of unbranched alkanes of at least 4 members (excludes halogenated alkanes) is 41. The van der Waals surface area contributed by atoms with Gasteiger partial charge in [-0.15, -0.1) is 0 Å². The molecule has 0 saturated carbocycles. The van der Waals surface area contributed by atoms with Crippen molar-refractivity contribution in [2.45, 2.75) is 329 Å². The van der Waals surface area contributed by atoms with E-state index in [1.54, 1.807) is 0 Å². The summed E-state index contributed by atoms with van der Waals surface area (Å²) < 4.78 is 16.8. The summed E-state index contributed by atoms with van der Waals surface area (Å²) in [5, 5.41) is 0. The van der Waals surface area contributed by atoms with E-state index in [0.29, 0.717) is 19.3 Å². The van der Waals surface area contributed by atoms with Crippen molar-refractivity contribution in [1.29, 1.82) is 0 Å². The summed E-state index contributed by atoms with van der Waals surface area (Å²) in [5.41, 5.74) is 0. The molecule has 1 atom stereocenters. The van der Waals surface area contributed by atoms with Crippen LogP contribution in [0.15, 0.2) is 0 Å². The highest BCUT2D eigenvalue weighted by Crippen LogP contribution is 2.17. The number of hydrogen-bond donors (Lipinski definition) is 0. The van der Waals surface area contributed by atoms with Crippen LogP contribution in [0.1, 0.15) is 323 Å². The van der Waals surface area contributed by atoms with Crippen molar-refractivity contribution >= 4 is 17.9 Å². The molecule has 0 bridgehead atoms. The lowest BCUT2D eigenvalue weighted by Crippen LogP contribution is -2.30. The summed E-state index contributed by atoms with van der Waals surface area (Å²) in [7, 11) is 0. The Labute approximate surface area is 387 Å². The highest BCUT2D eigenvalue weighted by Gasteiger charge is 2.19. The van der Waals surface area contributed by atoms with Crippen molar-refractivity contribution in [2.75, 3.05) is 13.2 Å². The minimum Gasteiger partial charge on any atom is -0.462 e. The number of rotatable bonds is 52. The second-order valence-electron chi connectivity index (χ2n) is 19.2. The van der Waals surface area contributed by atoms with Gasteiger partial charge in [-0.05, 0) is 19.3 Å². The van der Waals surface area contributed by atoms with Crippen molar-refractivity contribution in [2.24, 2.45) is 0 Å². The van der Waals surface area contributed by atoms with Crippen LogP contribution in [0.25, 0.3) is 0 Å². The van der Waals surface area contributed by atoms with Crippen molar-refractivity contribution in [3.05, 3.63) is 0 Å². The van der Waals surface area contributed by atoms with Gasteiger partial charge in [0.05, 0.1) is 0 Å². The van der Waals surface area contributed by atoms with Crippen LogP contribution in [0.4, 0.5) is 0 Å². The molecule has 0 spiro atoms. The van der Waals surface area contributed by atoms with Crippen molar-refractivity contribution in [1.82, 2.24) is 0 Å². The molecule has 0 rings (SSSR count). The molecule has 0 amide bonds. The van der Waals surface area contributed by atoms with Crippen LogP contribution < -0.4 is 0 Å². The van der Waals surface area contributed by atoms with E-state index < -0.39 is 6.10 Å². The predicted octanol–water partition coefficient (Wildman–Crippen LogP) is 18.4. The molecular formula is C56H108O6. The molecule has 0 N–H and O–H groups in total. The third-order valence-electron chi connectivity index (χ3n) is 12.9. The molecule has 0 unspecified atom stereocenters. The summed E-state index contributed by atoms with van der Waals surface area (Å²) in [5.74, 6) is -0.837. The molecule has 6 heteroatoms. The van der Waals surface area contributed by atoms with Crippen LogP contribution in [0, 0.1) is 0 Å². The fourth-order valence-electron chi connectivity index (χ4n) is 8.62. The number of carbonyl (C=O) groups excluding carboxylic acids is 3. The zero-order chi connectivity index (χ0) is 45.1. The summed E-state index contributed by atoms with van der Waals surface area (Å²) in [4.78, 5) is 38.0. The zero-order valence-corrected chi connectivity index (χ0v) is 42.2. The topological polar surface area (TPSA) is 78.9 Å². The van der Waals surface area contributed by atoms with E-state index in [1.165, 1.54) is 225 Å². The molecule has 0 aromatic heterocycles. The minimum absolute atomic E-state index is 0.0615. The Morgan fingerprint density at radius 1 is 0.258 bits per heavy atom. The van der Waals surface area contributed by atoms with Crippen LogP contribution in [0.2, 0.25) is 0 Å². The van der Waals surface area contributed by atoms with Gasteiger partial charge in [0.1, 0.15) is 13.2 Å². The van der Waals surface area contributed by atoms with Gasteiger partial charge in [-0.25, -0.2) is 0 Å². The summed E-state index contributed by atoms with van der Waals surface area (Å²) in [6.07, 6.45) is 56.6. The van der Waals surface area contributed by atoms with Crippen LogP contribution in [-0.2, 0) is 28.6 Å². The molecular weight excluding hydrogens is 769 g/mol. The molecule has 0 radical (unpaired) electrons. The van der Waals surface area contributed by atoms with E-state index in [9.17, 15) is 14.4 Å². The lowest BCUT2D eigenvalue weighted by molar-refractivity contribution is -0.167. The highest BCUT2D eigenvalue weighted by atomic mass is 16.6. The first-order valence-corrected chi connectivity index (χ1v) is 28.0. The van der Waals surface area contributed by atoms with Crippen molar-refractivity contribution in [3.63, 3.8) is 0 Å². The monoisotopic (exact) mass is 877 g/mol. The van der Waals surface area contributed by atoms with Crippen molar-refractivity contribution < 1.29 is 28.6 Å². The maximum absolute atomic E-state index is 12.8. The lowest BCUT2D eigenvalue weighted by Gasteiger charge is -2.18. The average Bonchev–Trinajstić information content (AvgIpc) is 3.27. The smallest absolute Gasteiger partial charge is 0.306 e. The standard InChI is InChI=1S/C56H108O6/c1-4-7-10-13-16-19-22-24-26-27-28-29-31-33-35-38-41-44-47-50-56(59)62-53(51-60-54(57)48-45-42-39-36-21-18-15-12-9-6-3)52-61-55(58)49-46-43-40-37-34-32-30-25-23-20-17-14-11-8-5-2/h53H,4-52H2,1-3H3/t53-/m1/s1. The molecule has 0 heterocycles. The Kier molecular flexibility index (Phi) is 50.7. The molecule has 0 aliphatic carbocycles. The van der Waals surface area contributed by atoms with E-state index in [2.05, 4.69) is 20.8 Å². The van der Waals surface area contributed by atoms with Gasteiger partial charge in [0.2, 0.25) is 0 Å². The van der Waals surface area contributed by atoms with Crippen LogP contribution in [0.5, 0.6) is 0 Å². The number of hydrogen-bond acceptors (Lipinski definition) is 6. The fraction of sp³-hybridized carbons (Fsp3) is 0.946. The lowest BCUT2D eigenvalue weighted by atomic mass is 10.0. The number of carbonyl (C=O) groups is 3. The predicted molar refractivity (Wildman–Crippen MR) is 266 cm³/mol. The average molecular weight is 877 g/mol. The third kappa shape index (κ3) is 49.4. The molecule has 0 saturated heterocycles. The van der Waals surface area contributed by atoms with Crippen LogP contribution in [-0.4, -0.2) is 37.2 Å². The van der Waals surface area contributed by atoms with Gasteiger partial charge in [0, 0.05) is 19.3 Å². The van der Waals surface area contributed by atoms with Gasteiger partial charge < -0.3 is 14.2 Å². The fourth-order valence-corrected chi connectivity index (χ4v) is 8.62. The first-order valence-electron chi connectivity index (χ1n) is 28.0. The van der Waals surface area contributed by atoms with E-state index in [1.807, 2.05) is 0 Å². The maximum atomic E-state index is 12.8. The summed E-state index contributed by atoms with van der Waals surface area (Å²) >= 11 is 0. The SMILES string of the molecule is CCCCCCCCCCCCCCCCCCCCCC(=O)O[C@H](COC(=O)CCCCCCCCCCCC)COC(=O)CCCCCCCCCCCCCCCCC. The third-order valence-corrected chi connectivity index (χ3v) is 12.9. The van der Waals surface area contributed by atoms with Crippen LogP contribution >= 0.6 is 0 Å². The molecule has 0 aliphatic rings. The number of esters is 3. The first kappa shape index (κ1) is 60.4. The van der Waals surface area contributed by atoms with E-state index in [0.717, 1.165) is 57.8 Å². The van der Waals surface area contributed by atoms with E-state index in [4.69, 9.17) is 14.2 Å². The van der Waals surface area contributed by atoms with Gasteiger partial charge in [-0.1, -0.05) is 284 Å². The van der Waals surface area contributed by atoms with Gasteiger partial charge in [-0.2, -0.15) is 0 Å². The number of ether oxygens (including phenoxy) is 3. The molecule has 0 fully saturated rings. The Morgan fingerprint density at radius 2 is 0.435 bits per heavy atom. The van der Waals surface area contributed by atoms with E-state index >= 15 is 0 Å². The molecule has 62 heavy (non-hydrogen) atoms. The molecule has 0 aromatic carbocycles. The maximum Gasteiger partial charge on any atom is 0.306 e. The van der Waals surface area contributed by atoms with Gasteiger partial charge in [0.15, 0.2) is 6.10 Å². The minimum atomic E-state index is -0.760. The highest BCUT2D eigenvalue weighted by molar-refractivity contribution is 5.71. The van der Waals surface area contributed by atoms with E-state index in [-0.39, 0.29) is 31.1 Å². The van der Waals surface area contributed by atoms with Gasteiger partial charge >= 0.3 is 17.9 Å². The second kappa shape index (κ2) is 52.0. The molecule has 0 aromatic rings. The summed E-state index contributed by atoms with van der Waals surface area (Å²) in [6, 6.07) is 0. The largest absolute Gasteiger partial charge is 0.462 e. The van der Waals surface area contributed by atoms with Crippen molar-refractivity contribution in [3.8, 4) is 0 Å². The Hall–Kier alpha value is -1.59. The quantitative estimate of drug-likeness (QED) is 0.0344. The zero-order valence-electron chi connectivity index (χ0n) is 42.2. The molecule has 6 nitrogen and oxygen atoms in total. The Bertz CT molecular complexity index is 920. The summed E-state index contributed by atoms with van der Waals surface area (Å²) in [6.45, 7) is 6.69. The van der Waals surface area contributed by atoms with Crippen LogP contribution in [0.3, 0.4) is 0 Å². The Morgan fingerprint density at radius 3 is 0.645 bits per heavy atom. The first-order chi connectivity index (χ1) is 30.5.